The van der Waals surface area contributed by atoms with E-state index in [1.807, 2.05) is 85.1 Å². The summed E-state index contributed by atoms with van der Waals surface area (Å²) in [4.78, 5) is 8.78. The summed E-state index contributed by atoms with van der Waals surface area (Å²) in [5, 5.41) is 29.2. The number of hydrogen-bond acceptors (Lipinski definition) is 4. The molecule has 0 aliphatic heterocycles. The van der Waals surface area contributed by atoms with Crippen LogP contribution in [0.3, 0.4) is 0 Å². The number of carboxylic acid groups (broad SMARTS) is 1. The number of allylic oxidation sites excluding steroid dienone is 1. The third-order valence-corrected chi connectivity index (χ3v) is 3.96. The van der Waals surface area contributed by atoms with E-state index in [-0.39, 0.29) is 11.5 Å². The first-order chi connectivity index (χ1) is 15.2. The molecule has 0 amide bonds. The standard InChI is InChI=1S/C22H16N2O.C2HF3O2/c23-16-21(22(25)19-12-6-2-7-13-19)24(20-14-8-3-9-15-20)17-18-10-4-1-5-11-18;3-2(4,5)1(6)7/h1-15,17H;(H,6,7)/b22-21-,24-17?;. The number of alkyl halides is 3. The molecule has 0 radical (unpaired) electrons. The van der Waals surface area contributed by atoms with Gasteiger partial charge in [0, 0.05) is 23.3 Å². The van der Waals surface area contributed by atoms with Gasteiger partial charge >= 0.3 is 11.9 Å². The molecule has 0 aliphatic carbocycles. The average molecular weight is 438 g/mol. The van der Waals surface area contributed by atoms with Crippen molar-refractivity contribution < 1.29 is 32.8 Å². The van der Waals surface area contributed by atoms with E-state index >= 15 is 0 Å². The number of nitriles is 1. The number of nitrogens with zero attached hydrogens (tertiary/aromatic N) is 2. The number of rotatable bonds is 4. The fourth-order valence-electron chi connectivity index (χ4n) is 2.50. The van der Waals surface area contributed by atoms with E-state index in [2.05, 4.69) is 6.07 Å². The molecule has 32 heavy (non-hydrogen) atoms. The normalized spacial score (nSPS) is 12.0. The van der Waals surface area contributed by atoms with Gasteiger partial charge in [-0.3, -0.25) is 0 Å². The van der Waals surface area contributed by atoms with Crippen molar-refractivity contribution in [2.24, 2.45) is 0 Å². The summed E-state index contributed by atoms with van der Waals surface area (Å²) in [5.74, 6) is -3.06. The Balaban J connectivity index is 0.000000451. The van der Waals surface area contributed by atoms with Crippen LogP contribution in [-0.2, 0) is 4.79 Å². The van der Waals surface area contributed by atoms with Crippen LogP contribution in [0.15, 0.2) is 96.7 Å². The number of carboxylic acids is 1. The van der Waals surface area contributed by atoms with Gasteiger partial charge in [0.15, 0.2) is 12.3 Å². The van der Waals surface area contributed by atoms with E-state index in [0.717, 1.165) is 11.3 Å². The molecule has 162 valence electrons. The van der Waals surface area contributed by atoms with Crippen molar-refractivity contribution >= 4 is 23.6 Å². The van der Waals surface area contributed by atoms with Crippen LogP contribution in [0.4, 0.5) is 18.9 Å². The highest BCUT2D eigenvalue weighted by Gasteiger charge is 2.28. The lowest BCUT2D eigenvalue weighted by Crippen LogP contribution is -2.37. The van der Waals surface area contributed by atoms with Crippen molar-refractivity contribution in [2.45, 2.75) is 6.18 Å². The highest BCUT2D eigenvalue weighted by molar-refractivity contribution is 5.78. The van der Waals surface area contributed by atoms with Crippen LogP contribution < -0.4 is 5.11 Å². The molecule has 0 bridgehead atoms. The minimum atomic E-state index is -5.19. The Morgan fingerprint density at radius 3 is 1.78 bits per heavy atom. The first kappa shape index (κ1) is 23.9. The van der Waals surface area contributed by atoms with Crippen LogP contribution in [0.2, 0.25) is 0 Å². The van der Waals surface area contributed by atoms with E-state index in [4.69, 9.17) is 9.90 Å². The second kappa shape index (κ2) is 11.1. The molecule has 0 fully saturated rings. The number of aliphatic carboxylic acids is 1. The Kier molecular flexibility index (Phi) is 8.31. The van der Waals surface area contributed by atoms with E-state index in [0.29, 0.717) is 5.56 Å². The zero-order valence-electron chi connectivity index (χ0n) is 16.5. The van der Waals surface area contributed by atoms with Gasteiger partial charge in [-0.25, -0.2) is 0 Å². The van der Waals surface area contributed by atoms with Gasteiger partial charge in [0.2, 0.25) is 11.4 Å². The number of para-hydroxylation sites is 1. The van der Waals surface area contributed by atoms with Crippen molar-refractivity contribution in [2.75, 3.05) is 0 Å². The smallest absolute Gasteiger partial charge is 0.430 e. The van der Waals surface area contributed by atoms with Crippen LogP contribution in [0.1, 0.15) is 11.1 Å². The summed E-state index contributed by atoms with van der Waals surface area (Å²) in [6.45, 7) is 0. The maximum absolute atomic E-state index is 10.7. The Labute approximate surface area is 182 Å². The molecule has 0 aromatic heterocycles. The molecule has 3 aromatic carbocycles. The lowest BCUT2D eigenvalue weighted by atomic mass is 10.1. The summed E-state index contributed by atoms with van der Waals surface area (Å²) >= 11 is 0. The Hall–Kier alpha value is -4.38. The lowest BCUT2D eigenvalue weighted by molar-refractivity contribution is -0.370. The van der Waals surface area contributed by atoms with Crippen molar-refractivity contribution in [3.05, 3.63) is 108 Å². The summed E-state index contributed by atoms with van der Waals surface area (Å²) in [5.41, 5.74) is 2.49. The SMILES string of the molecule is N#C/C(=C(/O)c1ccccc1)[N+](=Cc1ccccc1)c1ccccc1.O=C([O-])C(F)(F)F. The molecule has 0 spiro atoms. The minimum Gasteiger partial charge on any atom is -0.542 e. The van der Waals surface area contributed by atoms with Crippen molar-refractivity contribution in [3.8, 4) is 6.07 Å². The molecule has 5 nitrogen and oxygen atoms in total. The van der Waals surface area contributed by atoms with E-state index in [9.17, 15) is 23.5 Å². The molecular formula is C24H17F3N2O3. The molecule has 8 heteroatoms. The number of halogens is 3. The molecule has 1 N–H and O–H groups in total. The molecule has 3 aromatic rings. The summed E-state index contributed by atoms with van der Waals surface area (Å²) < 4.78 is 33.3. The topological polar surface area (TPSA) is 87.2 Å². The fraction of sp³-hybridized carbons (Fsp3) is 0.0417. The summed E-state index contributed by atoms with van der Waals surface area (Å²) in [6, 6.07) is 30.4. The monoisotopic (exact) mass is 438 g/mol. The van der Waals surface area contributed by atoms with Gasteiger partial charge in [-0.2, -0.15) is 18.4 Å². The van der Waals surface area contributed by atoms with Gasteiger partial charge in [-0.05, 0) is 12.1 Å². The van der Waals surface area contributed by atoms with Crippen LogP contribution >= 0.6 is 0 Å². The zero-order chi connectivity index (χ0) is 23.6. The molecule has 0 saturated carbocycles. The average Bonchev–Trinajstić information content (AvgIpc) is 2.80. The lowest BCUT2D eigenvalue weighted by Gasteiger charge is -2.04. The second-order valence-corrected chi connectivity index (χ2v) is 6.21. The summed E-state index contributed by atoms with van der Waals surface area (Å²) in [7, 11) is 0. The van der Waals surface area contributed by atoms with Crippen LogP contribution in [0.5, 0.6) is 0 Å². The van der Waals surface area contributed by atoms with Gasteiger partial charge < -0.3 is 15.0 Å². The molecule has 0 atom stereocenters. The third-order valence-electron chi connectivity index (χ3n) is 3.96. The van der Waals surface area contributed by atoms with Gasteiger partial charge in [-0.1, -0.05) is 66.7 Å². The van der Waals surface area contributed by atoms with Crippen LogP contribution in [0.25, 0.3) is 5.76 Å². The summed E-state index contributed by atoms with van der Waals surface area (Å²) in [6.07, 6.45) is -3.35. The predicted octanol–water partition coefficient (Wildman–Crippen LogP) is 4.20. The molecular weight excluding hydrogens is 421 g/mol. The van der Waals surface area contributed by atoms with E-state index in [1.54, 1.807) is 16.7 Å². The van der Waals surface area contributed by atoms with Gasteiger partial charge in [0.05, 0.1) is 0 Å². The van der Waals surface area contributed by atoms with Crippen LogP contribution in [-0.4, -0.2) is 28.0 Å². The van der Waals surface area contributed by atoms with E-state index in [1.165, 1.54) is 0 Å². The van der Waals surface area contributed by atoms with Crippen LogP contribution in [0, 0.1) is 11.3 Å². The molecule has 0 heterocycles. The number of hydrogen-bond donors (Lipinski definition) is 1. The van der Waals surface area contributed by atoms with Gasteiger partial charge in [-0.15, -0.1) is 4.58 Å². The Bertz CT molecular complexity index is 1140. The fourth-order valence-corrected chi connectivity index (χ4v) is 2.50. The number of benzene rings is 3. The number of aliphatic hydroxyl groups is 1. The number of carbonyl (C=O) groups is 1. The third kappa shape index (κ3) is 6.85. The quantitative estimate of drug-likeness (QED) is 0.286. The second-order valence-electron chi connectivity index (χ2n) is 6.21. The molecule has 0 unspecified atom stereocenters. The number of aliphatic hydroxyl groups excluding tert-OH is 1. The first-order valence-corrected chi connectivity index (χ1v) is 9.15. The highest BCUT2D eigenvalue weighted by Crippen LogP contribution is 2.22. The van der Waals surface area contributed by atoms with Crippen molar-refractivity contribution in [1.82, 2.24) is 0 Å². The van der Waals surface area contributed by atoms with E-state index < -0.39 is 12.1 Å². The minimum absolute atomic E-state index is 0.0564. The first-order valence-electron chi connectivity index (χ1n) is 9.15. The number of carbonyl (C=O) groups excluding carboxylic acids is 1. The van der Waals surface area contributed by atoms with Gasteiger partial charge in [0.25, 0.3) is 0 Å². The van der Waals surface area contributed by atoms with Gasteiger partial charge in [0.1, 0.15) is 5.97 Å². The Morgan fingerprint density at radius 2 is 1.34 bits per heavy atom. The maximum Gasteiger partial charge on any atom is 0.430 e. The van der Waals surface area contributed by atoms with Crippen molar-refractivity contribution in [3.63, 3.8) is 0 Å². The van der Waals surface area contributed by atoms with Crippen molar-refractivity contribution in [1.29, 1.82) is 5.26 Å². The molecule has 3 rings (SSSR count). The largest absolute Gasteiger partial charge is 0.542 e. The maximum atomic E-state index is 10.7. The molecule has 0 aliphatic rings. The molecule has 0 saturated heterocycles. The zero-order valence-corrected chi connectivity index (χ0v) is 16.5. The predicted molar refractivity (Wildman–Crippen MR) is 111 cm³/mol. The Morgan fingerprint density at radius 1 is 0.906 bits per heavy atom. The highest BCUT2D eigenvalue weighted by atomic mass is 19.4.